The highest BCUT2D eigenvalue weighted by molar-refractivity contribution is 7.90. The van der Waals surface area contributed by atoms with E-state index in [0.717, 1.165) is 6.26 Å². The zero-order valence-electron chi connectivity index (χ0n) is 18.4. The van der Waals surface area contributed by atoms with Crippen molar-refractivity contribution in [2.75, 3.05) is 23.5 Å². The first-order valence-corrected chi connectivity index (χ1v) is 12.0. The standard InChI is InChI=1S/C21H24N6O5S/c1-13(28)23-18-10-17(15(11-22-18)16-4-7-27(2)26-16)24-19-8-14(32-12-21(29)5-6-21)9-20(25-19)33(3,30)31/h4,7-11,29H,5-6,12H2,1-3H3,(H2,22,23,24,25,28). The third-order valence-electron chi connectivity index (χ3n) is 4.95. The van der Waals surface area contributed by atoms with Crippen LogP contribution in [0.2, 0.25) is 0 Å². The average molecular weight is 473 g/mol. The molecule has 0 spiro atoms. The van der Waals surface area contributed by atoms with E-state index >= 15 is 0 Å². The second-order valence-electron chi connectivity index (χ2n) is 8.11. The van der Waals surface area contributed by atoms with Crippen LogP contribution in [0.4, 0.5) is 17.3 Å². The summed E-state index contributed by atoms with van der Waals surface area (Å²) in [4.78, 5) is 20.0. The van der Waals surface area contributed by atoms with Crippen LogP contribution < -0.4 is 15.4 Å². The minimum absolute atomic E-state index is 0.0563. The van der Waals surface area contributed by atoms with Crippen molar-refractivity contribution in [3.05, 3.63) is 36.7 Å². The quantitative estimate of drug-likeness (QED) is 0.447. The number of anilines is 3. The van der Waals surface area contributed by atoms with Gasteiger partial charge in [-0.2, -0.15) is 5.10 Å². The Hall–Kier alpha value is -3.51. The maximum Gasteiger partial charge on any atom is 0.222 e. The second kappa shape index (κ2) is 8.45. The van der Waals surface area contributed by atoms with Crippen LogP contribution in [-0.4, -0.2) is 57.6 Å². The van der Waals surface area contributed by atoms with Crippen molar-refractivity contribution in [1.29, 1.82) is 0 Å². The van der Waals surface area contributed by atoms with Crippen LogP contribution in [0.1, 0.15) is 19.8 Å². The Kier molecular flexibility index (Phi) is 5.80. The molecule has 0 atom stereocenters. The molecule has 1 fully saturated rings. The van der Waals surface area contributed by atoms with Gasteiger partial charge >= 0.3 is 0 Å². The molecular formula is C21H24N6O5S. The van der Waals surface area contributed by atoms with Crippen LogP contribution >= 0.6 is 0 Å². The fraction of sp³-hybridized carbons (Fsp3) is 0.333. The number of aryl methyl sites for hydroxylation is 1. The van der Waals surface area contributed by atoms with Crippen LogP contribution in [0, 0.1) is 0 Å². The van der Waals surface area contributed by atoms with Gasteiger partial charge in [0.2, 0.25) is 5.91 Å². The number of hydrogen-bond donors (Lipinski definition) is 3. The number of carbonyl (C=O) groups excluding carboxylic acids is 1. The molecule has 3 aromatic rings. The van der Waals surface area contributed by atoms with E-state index in [-0.39, 0.29) is 29.1 Å². The van der Waals surface area contributed by atoms with Crippen LogP contribution in [-0.2, 0) is 21.7 Å². The van der Waals surface area contributed by atoms with Crippen molar-refractivity contribution < 1.29 is 23.1 Å². The van der Waals surface area contributed by atoms with Crippen LogP contribution in [0.5, 0.6) is 5.75 Å². The molecule has 1 amide bonds. The number of sulfone groups is 1. The molecule has 3 aromatic heterocycles. The fourth-order valence-corrected chi connectivity index (χ4v) is 3.63. The SMILES string of the molecule is CC(=O)Nc1cc(Nc2cc(OCC3(O)CC3)cc(S(C)(=O)=O)n2)c(-c2ccn(C)n2)cn1. The number of aliphatic hydroxyl groups is 1. The Balaban J connectivity index is 1.73. The van der Waals surface area contributed by atoms with Crippen molar-refractivity contribution >= 4 is 33.1 Å². The maximum atomic E-state index is 12.2. The molecule has 1 aliphatic carbocycles. The summed E-state index contributed by atoms with van der Waals surface area (Å²) in [5.74, 6) is 0.470. The largest absolute Gasteiger partial charge is 0.490 e. The summed E-state index contributed by atoms with van der Waals surface area (Å²) in [5.41, 5.74) is 0.865. The summed E-state index contributed by atoms with van der Waals surface area (Å²) in [6.07, 6.45) is 5.66. The first-order chi connectivity index (χ1) is 15.5. The molecule has 0 unspecified atom stereocenters. The predicted molar refractivity (Wildman–Crippen MR) is 121 cm³/mol. The molecule has 0 aliphatic heterocycles. The third kappa shape index (κ3) is 5.65. The van der Waals surface area contributed by atoms with E-state index in [2.05, 4.69) is 25.7 Å². The molecule has 0 saturated heterocycles. The van der Waals surface area contributed by atoms with E-state index in [9.17, 15) is 18.3 Å². The van der Waals surface area contributed by atoms with Crippen LogP contribution in [0.15, 0.2) is 41.7 Å². The number of carbonyl (C=O) groups is 1. The van der Waals surface area contributed by atoms with Crippen molar-refractivity contribution in [2.24, 2.45) is 7.05 Å². The highest BCUT2D eigenvalue weighted by atomic mass is 32.2. The van der Waals surface area contributed by atoms with Crippen LogP contribution in [0.25, 0.3) is 11.3 Å². The molecule has 0 aromatic carbocycles. The van der Waals surface area contributed by atoms with Gasteiger partial charge in [0, 0.05) is 56.4 Å². The van der Waals surface area contributed by atoms with Crippen molar-refractivity contribution in [2.45, 2.75) is 30.4 Å². The van der Waals surface area contributed by atoms with E-state index in [4.69, 9.17) is 4.74 Å². The topological polar surface area (TPSA) is 148 Å². The van der Waals surface area contributed by atoms with Gasteiger partial charge in [0.1, 0.15) is 24.0 Å². The second-order valence-corrected chi connectivity index (χ2v) is 10.1. The van der Waals surface area contributed by atoms with E-state index in [1.54, 1.807) is 42.3 Å². The smallest absolute Gasteiger partial charge is 0.222 e. The van der Waals surface area contributed by atoms with Gasteiger partial charge in [-0.15, -0.1) is 0 Å². The lowest BCUT2D eigenvalue weighted by atomic mass is 10.1. The predicted octanol–water partition coefficient (Wildman–Crippen LogP) is 1.89. The molecule has 4 rings (SSSR count). The Morgan fingerprint density at radius 1 is 1.27 bits per heavy atom. The first-order valence-electron chi connectivity index (χ1n) is 10.1. The van der Waals surface area contributed by atoms with E-state index < -0.39 is 15.4 Å². The van der Waals surface area contributed by atoms with E-state index in [1.165, 1.54) is 13.0 Å². The molecule has 12 heteroatoms. The minimum atomic E-state index is -3.64. The third-order valence-corrected chi connectivity index (χ3v) is 5.92. The Bertz CT molecular complexity index is 1320. The molecular weight excluding hydrogens is 448 g/mol. The highest BCUT2D eigenvalue weighted by Gasteiger charge is 2.41. The van der Waals surface area contributed by atoms with Gasteiger partial charge in [-0.05, 0) is 18.9 Å². The molecule has 0 bridgehead atoms. The number of nitrogens with zero attached hydrogens (tertiary/aromatic N) is 4. The summed E-state index contributed by atoms with van der Waals surface area (Å²) in [6, 6.07) is 6.27. The summed E-state index contributed by atoms with van der Waals surface area (Å²) in [6.45, 7) is 1.43. The van der Waals surface area contributed by atoms with Gasteiger partial charge in [-0.25, -0.2) is 18.4 Å². The molecule has 11 nitrogen and oxygen atoms in total. The number of amides is 1. The number of rotatable bonds is 8. The van der Waals surface area contributed by atoms with Crippen molar-refractivity contribution in [3.8, 4) is 17.0 Å². The number of hydrogen-bond acceptors (Lipinski definition) is 9. The Morgan fingerprint density at radius 2 is 2.03 bits per heavy atom. The lowest BCUT2D eigenvalue weighted by Crippen LogP contribution is -2.18. The highest BCUT2D eigenvalue weighted by Crippen LogP contribution is 2.36. The van der Waals surface area contributed by atoms with Gasteiger partial charge in [0.25, 0.3) is 0 Å². The summed E-state index contributed by atoms with van der Waals surface area (Å²) < 4.78 is 31.7. The average Bonchev–Trinajstić information content (AvgIpc) is 3.31. The number of nitrogens with one attached hydrogen (secondary N) is 2. The summed E-state index contributed by atoms with van der Waals surface area (Å²) in [5, 5.41) is 20.0. The first kappa shape index (κ1) is 22.7. The molecule has 33 heavy (non-hydrogen) atoms. The lowest BCUT2D eigenvalue weighted by molar-refractivity contribution is -0.114. The Labute approximate surface area is 190 Å². The van der Waals surface area contributed by atoms with Crippen molar-refractivity contribution in [3.63, 3.8) is 0 Å². The van der Waals surface area contributed by atoms with Gasteiger partial charge in [-0.3, -0.25) is 9.48 Å². The van der Waals surface area contributed by atoms with Gasteiger partial charge < -0.3 is 20.5 Å². The molecule has 0 radical (unpaired) electrons. The monoisotopic (exact) mass is 472 g/mol. The molecule has 1 saturated carbocycles. The zero-order chi connectivity index (χ0) is 23.8. The van der Waals surface area contributed by atoms with Crippen molar-refractivity contribution in [1.82, 2.24) is 19.7 Å². The molecule has 174 valence electrons. The van der Waals surface area contributed by atoms with Gasteiger partial charge in [0.05, 0.1) is 17.0 Å². The van der Waals surface area contributed by atoms with E-state index in [1.807, 2.05) is 0 Å². The number of pyridine rings is 2. The zero-order valence-corrected chi connectivity index (χ0v) is 19.2. The van der Waals surface area contributed by atoms with Gasteiger partial charge in [-0.1, -0.05) is 0 Å². The molecule has 3 heterocycles. The normalized spacial score (nSPS) is 14.5. The summed E-state index contributed by atoms with van der Waals surface area (Å²) >= 11 is 0. The summed E-state index contributed by atoms with van der Waals surface area (Å²) in [7, 11) is -1.86. The number of aromatic nitrogens is 4. The fourth-order valence-electron chi connectivity index (χ4n) is 3.03. The van der Waals surface area contributed by atoms with Crippen LogP contribution in [0.3, 0.4) is 0 Å². The molecule has 3 N–H and O–H groups in total. The lowest BCUT2D eigenvalue weighted by Gasteiger charge is -2.15. The number of ether oxygens (including phenoxy) is 1. The Morgan fingerprint density at radius 3 is 2.64 bits per heavy atom. The van der Waals surface area contributed by atoms with Gasteiger partial charge in [0.15, 0.2) is 14.9 Å². The van der Waals surface area contributed by atoms with E-state index in [0.29, 0.717) is 35.6 Å². The molecule has 1 aliphatic rings. The maximum absolute atomic E-state index is 12.2. The minimum Gasteiger partial charge on any atom is -0.490 e.